The molecule has 1 atom stereocenters. The Balaban J connectivity index is 1.69. The molecule has 2 heterocycles. The molecule has 0 amide bonds. The smallest absolute Gasteiger partial charge is 0.272 e. The zero-order valence-corrected chi connectivity index (χ0v) is 16.7. The van der Waals surface area contributed by atoms with Crippen molar-refractivity contribution in [3.63, 3.8) is 0 Å². The number of fused-ring (bicyclic) bond motifs is 1. The fourth-order valence-electron chi connectivity index (χ4n) is 3.59. The largest absolute Gasteiger partial charge is 0.323 e. The van der Waals surface area contributed by atoms with Crippen molar-refractivity contribution in [1.82, 2.24) is 14.6 Å². The molecular formula is C23H19F2N5O. The molecule has 0 aliphatic carbocycles. The summed E-state index contributed by atoms with van der Waals surface area (Å²) in [7, 11) is 0. The second-order valence-electron chi connectivity index (χ2n) is 7.37. The van der Waals surface area contributed by atoms with Crippen LogP contribution < -0.4 is 11.3 Å². The normalized spacial score (nSPS) is 12.1. The number of hydrogen-bond acceptors (Lipinski definition) is 4. The summed E-state index contributed by atoms with van der Waals surface area (Å²) < 4.78 is 29.0. The molecular weight excluding hydrogens is 400 g/mol. The van der Waals surface area contributed by atoms with Crippen LogP contribution in [0.2, 0.25) is 0 Å². The zero-order chi connectivity index (χ0) is 22.1. The Kier molecular flexibility index (Phi) is 5.36. The highest BCUT2D eigenvalue weighted by Gasteiger charge is 2.19. The maximum Gasteiger partial charge on any atom is 0.272 e. The first-order chi connectivity index (χ1) is 14.9. The van der Waals surface area contributed by atoms with Crippen LogP contribution >= 0.6 is 0 Å². The number of rotatable bonds is 5. The first-order valence-electron chi connectivity index (χ1n) is 9.69. The van der Waals surface area contributed by atoms with Gasteiger partial charge in [-0.3, -0.25) is 9.89 Å². The number of nitrogens with two attached hydrogens (primary N) is 1. The number of aromatic nitrogens is 3. The number of benzene rings is 2. The van der Waals surface area contributed by atoms with Crippen molar-refractivity contribution in [2.45, 2.75) is 25.8 Å². The van der Waals surface area contributed by atoms with Gasteiger partial charge >= 0.3 is 0 Å². The van der Waals surface area contributed by atoms with Crippen molar-refractivity contribution in [3.8, 4) is 17.2 Å². The highest BCUT2D eigenvalue weighted by molar-refractivity contribution is 5.80. The minimum absolute atomic E-state index is 0.146. The van der Waals surface area contributed by atoms with E-state index in [1.54, 1.807) is 19.1 Å². The maximum atomic E-state index is 14.4. The molecule has 156 valence electrons. The van der Waals surface area contributed by atoms with Crippen LogP contribution in [-0.2, 0) is 6.42 Å². The predicted octanol–water partition coefficient (Wildman–Crippen LogP) is 3.78. The van der Waals surface area contributed by atoms with Crippen LogP contribution in [0.1, 0.15) is 35.0 Å². The third-order valence-electron chi connectivity index (χ3n) is 5.22. The van der Waals surface area contributed by atoms with Crippen molar-refractivity contribution in [1.29, 1.82) is 5.26 Å². The van der Waals surface area contributed by atoms with Gasteiger partial charge in [-0.25, -0.2) is 18.3 Å². The van der Waals surface area contributed by atoms with Crippen molar-refractivity contribution in [2.24, 2.45) is 5.73 Å². The average Bonchev–Trinajstić information content (AvgIpc) is 3.09. The molecule has 0 aliphatic heterocycles. The van der Waals surface area contributed by atoms with Gasteiger partial charge in [0.05, 0.1) is 17.3 Å². The first-order valence-corrected chi connectivity index (χ1v) is 9.69. The van der Waals surface area contributed by atoms with Gasteiger partial charge in [0.1, 0.15) is 11.6 Å². The quantitative estimate of drug-likeness (QED) is 0.514. The van der Waals surface area contributed by atoms with Crippen LogP contribution in [0.25, 0.3) is 16.8 Å². The van der Waals surface area contributed by atoms with Gasteiger partial charge in [0.25, 0.3) is 5.56 Å². The fraction of sp³-hybridized carbons (Fsp3) is 0.174. The molecule has 0 fully saturated rings. The van der Waals surface area contributed by atoms with Gasteiger partial charge in [-0.2, -0.15) is 5.26 Å². The van der Waals surface area contributed by atoms with E-state index < -0.39 is 17.7 Å². The Hall–Kier alpha value is -3.83. The van der Waals surface area contributed by atoms with Gasteiger partial charge in [0.15, 0.2) is 5.65 Å². The van der Waals surface area contributed by atoms with Crippen LogP contribution in [0.3, 0.4) is 0 Å². The fourth-order valence-corrected chi connectivity index (χ4v) is 3.59. The van der Waals surface area contributed by atoms with Gasteiger partial charge in [-0.05, 0) is 49.6 Å². The predicted molar refractivity (Wildman–Crippen MR) is 112 cm³/mol. The van der Waals surface area contributed by atoms with E-state index in [-0.39, 0.29) is 16.8 Å². The van der Waals surface area contributed by atoms with E-state index in [0.29, 0.717) is 35.4 Å². The summed E-state index contributed by atoms with van der Waals surface area (Å²) in [5, 5.41) is 11.8. The molecule has 4 rings (SSSR count). The molecule has 1 unspecified atom stereocenters. The lowest BCUT2D eigenvalue weighted by atomic mass is 10.0. The Bertz CT molecular complexity index is 1370. The maximum absolute atomic E-state index is 14.4. The lowest BCUT2D eigenvalue weighted by molar-refractivity contribution is 0.585. The molecule has 0 spiro atoms. The molecule has 0 bridgehead atoms. The SMILES string of the molecule is Cc1[nH]n2c(=O)cc(C(N)CCc3ccc(C#N)cc3)nc2c1-c1ccc(F)cc1F. The third kappa shape index (κ3) is 3.96. The summed E-state index contributed by atoms with van der Waals surface area (Å²) in [4.78, 5) is 17.2. The molecule has 2 aromatic carbocycles. The topological polar surface area (TPSA) is 100.0 Å². The van der Waals surface area contributed by atoms with E-state index in [0.717, 1.165) is 17.7 Å². The number of aromatic amines is 1. The Morgan fingerprint density at radius 3 is 2.61 bits per heavy atom. The summed E-state index contributed by atoms with van der Waals surface area (Å²) in [5.74, 6) is -1.43. The van der Waals surface area contributed by atoms with Crippen molar-refractivity contribution in [3.05, 3.63) is 93.0 Å². The van der Waals surface area contributed by atoms with Gasteiger partial charge in [-0.1, -0.05) is 12.1 Å². The van der Waals surface area contributed by atoms with E-state index in [1.165, 1.54) is 16.6 Å². The van der Waals surface area contributed by atoms with Crippen LogP contribution in [0.5, 0.6) is 0 Å². The van der Waals surface area contributed by atoms with Crippen molar-refractivity contribution in [2.75, 3.05) is 0 Å². The molecule has 0 aliphatic rings. The zero-order valence-electron chi connectivity index (χ0n) is 16.7. The van der Waals surface area contributed by atoms with Crippen molar-refractivity contribution >= 4 is 5.65 Å². The van der Waals surface area contributed by atoms with Crippen LogP contribution in [-0.4, -0.2) is 14.6 Å². The number of halogens is 2. The van der Waals surface area contributed by atoms with Crippen molar-refractivity contribution < 1.29 is 8.78 Å². The number of nitriles is 1. The number of nitrogens with zero attached hydrogens (tertiary/aromatic N) is 3. The molecule has 6 nitrogen and oxygen atoms in total. The highest BCUT2D eigenvalue weighted by Crippen LogP contribution is 2.30. The lowest BCUT2D eigenvalue weighted by Gasteiger charge is -2.12. The van der Waals surface area contributed by atoms with E-state index in [9.17, 15) is 13.6 Å². The Morgan fingerprint density at radius 2 is 1.94 bits per heavy atom. The minimum Gasteiger partial charge on any atom is -0.323 e. The van der Waals surface area contributed by atoms with Gasteiger partial charge in [0.2, 0.25) is 0 Å². The van der Waals surface area contributed by atoms with E-state index in [1.807, 2.05) is 12.1 Å². The standard InChI is InChI=1S/C23H19F2N5O/c1-13-22(17-8-7-16(24)10-18(17)25)23-28-20(11-21(31)30(23)29-13)19(27)9-6-14-2-4-15(12-26)5-3-14/h2-5,7-8,10-11,19,29H,6,9,27H2,1H3. The summed E-state index contributed by atoms with van der Waals surface area (Å²) in [6.07, 6.45) is 1.16. The number of H-pyrrole nitrogens is 1. The molecule has 8 heteroatoms. The highest BCUT2D eigenvalue weighted by atomic mass is 19.1. The Labute approximate surface area is 176 Å². The van der Waals surface area contributed by atoms with Gasteiger partial charge in [-0.15, -0.1) is 0 Å². The first kappa shape index (κ1) is 20.4. The third-order valence-corrected chi connectivity index (χ3v) is 5.22. The lowest BCUT2D eigenvalue weighted by Crippen LogP contribution is -2.21. The molecule has 31 heavy (non-hydrogen) atoms. The Morgan fingerprint density at radius 1 is 1.19 bits per heavy atom. The summed E-state index contributed by atoms with van der Waals surface area (Å²) in [5.41, 5.74) is 9.21. The van der Waals surface area contributed by atoms with Crippen LogP contribution in [0.4, 0.5) is 8.78 Å². The van der Waals surface area contributed by atoms with Gasteiger partial charge in [0, 0.05) is 35.0 Å². The molecule has 0 saturated heterocycles. The molecule has 2 aromatic heterocycles. The van der Waals surface area contributed by atoms with Gasteiger partial charge < -0.3 is 5.73 Å². The molecule has 4 aromatic rings. The summed E-state index contributed by atoms with van der Waals surface area (Å²) >= 11 is 0. The second-order valence-corrected chi connectivity index (χ2v) is 7.37. The molecule has 0 radical (unpaired) electrons. The minimum atomic E-state index is -0.741. The summed E-state index contributed by atoms with van der Waals surface area (Å²) in [6, 6.07) is 13.4. The number of nitrogens with one attached hydrogen (secondary N) is 1. The molecule has 3 N–H and O–H groups in total. The average molecular weight is 419 g/mol. The van der Waals surface area contributed by atoms with E-state index >= 15 is 0 Å². The van der Waals surface area contributed by atoms with E-state index in [2.05, 4.69) is 16.2 Å². The van der Waals surface area contributed by atoms with E-state index in [4.69, 9.17) is 11.0 Å². The summed E-state index contributed by atoms with van der Waals surface area (Å²) in [6.45, 7) is 1.69. The molecule has 0 saturated carbocycles. The second kappa shape index (κ2) is 8.13. The number of hydrogen-bond donors (Lipinski definition) is 2. The van der Waals surface area contributed by atoms with Crippen LogP contribution in [0, 0.1) is 29.9 Å². The van der Waals surface area contributed by atoms with Crippen LogP contribution in [0.15, 0.2) is 53.3 Å². The monoisotopic (exact) mass is 419 g/mol. The number of aryl methyl sites for hydroxylation is 2.